The van der Waals surface area contributed by atoms with Gasteiger partial charge in [0.25, 0.3) is 5.78 Å². The van der Waals surface area contributed by atoms with Crippen LogP contribution in [0.4, 0.5) is 30.7 Å². The Morgan fingerprint density at radius 2 is 1.61 bits per heavy atom. The van der Waals surface area contributed by atoms with Crippen molar-refractivity contribution in [2.24, 2.45) is 0 Å². The highest BCUT2D eigenvalue weighted by Gasteiger charge is 2.38. The number of aliphatic hydroxyl groups is 1. The molecule has 0 amide bonds. The van der Waals surface area contributed by atoms with Gasteiger partial charge >= 0.3 is 18.3 Å². The second-order valence-electron chi connectivity index (χ2n) is 6.90. The number of alkyl halides is 6. The maximum Gasteiger partial charge on any atom is 0.416 e. The molecule has 0 spiro atoms. The number of rotatable bonds is 5. The number of benzene rings is 2. The fourth-order valence-electron chi connectivity index (χ4n) is 3.21. The zero-order valence-electron chi connectivity index (χ0n) is 16.1. The van der Waals surface area contributed by atoms with E-state index in [2.05, 4.69) is 0 Å². The minimum absolute atomic E-state index is 0.0233. The van der Waals surface area contributed by atoms with Gasteiger partial charge in [-0.15, -0.1) is 0 Å². The summed E-state index contributed by atoms with van der Waals surface area (Å²) >= 11 is 0. The van der Waals surface area contributed by atoms with Crippen molar-refractivity contribution in [3.8, 4) is 0 Å². The molecule has 1 heterocycles. The van der Waals surface area contributed by atoms with Crippen molar-refractivity contribution >= 4 is 28.4 Å². The van der Waals surface area contributed by atoms with Crippen LogP contribution in [-0.4, -0.2) is 26.5 Å². The molecule has 12 heteroatoms. The van der Waals surface area contributed by atoms with E-state index in [0.717, 1.165) is 29.0 Å². The lowest BCUT2D eigenvalue weighted by atomic mass is 10.0. The van der Waals surface area contributed by atoms with E-state index in [1.807, 2.05) is 0 Å². The standard InChI is InChI=1S/C21H12F7NO4/c22-12-3-4-16-13(6-12)14(17(30)7-18(31)19(32)33)9-29(16)8-10-1-2-11(20(23,24)25)5-15(10)21(26,27)28/h1-7,9,30H,8H2,(H,32,33)/b17-7-. The van der Waals surface area contributed by atoms with Gasteiger partial charge in [0.1, 0.15) is 11.6 Å². The predicted molar refractivity (Wildman–Crippen MR) is 101 cm³/mol. The lowest BCUT2D eigenvalue weighted by molar-refractivity contribution is -0.146. The number of carboxylic acids is 1. The molecule has 174 valence electrons. The third kappa shape index (κ3) is 4.99. The van der Waals surface area contributed by atoms with Crippen LogP contribution in [0.15, 0.2) is 48.7 Å². The van der Waals surface area contributed by atoms with Crippen LogP contribution >= 0.6 is 0 Å². The highest BCUT2D eigenvalue weighted by atomic mass is 19.4. The summed E-state index contributed by atoms with van der Waals surface area (Å²) in [4.78, 5) is 22.1. The third-order valence-corrected chi connectivity index (χ3v) is 4.68. The summed E-state index contributed by atoms with van der Waals surface area (Å²) in [6.45, 7) is -0.630. The summed E-state index contributed by atoms with van der Waals surface area (Å²) in [5, 5.41) is 18.8. The van der Waals surface area contributed by atoms with Gasteiger partial charge in [0.05, 0.1) is 11.1 Å². The quantitative estimate of drug-likeness (QED) is 0.224. The van der Waals surface area contributed by atoms with Gasteiger partial charge < -0.3 is 14.8 Å². The largest absolute Gasteiger partial charge is 0.507 e. The van der Waals surface area contributed by atoms with Gasteiger partial charge in [0.15, 0.2) is 0 Å². The zero-order chi connectivity index (χ0) is 24.7. The number of aliphatic hydroxyl groups excluding tert-OH is 1. The molecule has 3 rings (SSSR count). The number of ketones is 1. The molecule has 5 nitrogen and oxygen atoms in total. The molecular weight excluding hydrogens is 463 g/mol. The Balaban J connectivity index is 2.17. The average Bonchev–Trinajstić information content (AvgIpc) is 3.04. The summed E-state index contributed by atoms with van der Waals surface area (Å²) < 4.78 is 94.0. The number of carbonyl (C=O) groups is 2. The van der Waals surface area contributed by atoms with Crippen molar-refractivity contribution in [2.75, 3.05) is 0 Å². The molecular formula is C21H12F7NO4. The second kappa shape index (κ2) is 8.26. The Bertz CT molecular complexity index is 1290. The van der Waals surface area contributed by atoms with Gasteiger partial charge in [0.2, 0.25) is 0 Å². The maximum absolute atomic E-state index is 13.8. The molecule has 0 radical (unpaired) electrons. The van der Waals surface area contributed by atoms with Crippen molar-refractivity contribution in [1.29, 1.82) is 0 Å². The zero-order valence-corrected chi connectivity index (χ0v) is 16.1. The molecule has 2 N–H and O–H groups in total. The molecule has 33 heavy (non-hydrogen) atoms. The van der Waals surface area contributed by atoms with Gasteiger partial charge in [-0.05, 0) is 35.9 Å². The summed E-state index contributed by atoms with van der Waals surface area (Å²) in [7, 11) is 0. The Morgan fingerprint density at radius 1 is 0.939 bits per heavy atom. The van der Waals surface area contributed by atoms with Gasteiger partial charge in [-0.2, -0.15) is 26.3 Å². The molecule has 1 aromatic heterocycles. The number of aromatic nitrogens is 1. The highest BCUT2D eigenvalue weighted by molar-refractivity contribution is 6.38. The van der Waals surface area contributed by atoms with Crippen LogP contribution in [0.1, 0.15) is 22.3 Å². The second-order valence-corrected chi connectivity index (χ2v) is 6.90. The normalized spacial score (nSPS) is 12.9. The van der Waals surface area contributed by atoms with Gasteiger partial charge in [-0.25, -0.2) is 9.18 Å². The number of fused-ring (bicyclic) bond motifs is 1. The van der Waals surface area contributed by atoms with E-state index < -0.39 is 58.9 Å². The minimum atomic E-state index is -5.12. The Morgan fingerprint density at radius 3 is 2.18 bits per heavy atom. The highest BCUT2D eigenvalue weighted by Crippen LogP contribution is 2.38. The number of carbonyl (C=O) groups excluding carboxylic acids is 1. The fourth-order valence-corrected chi connectivity index (χ4v) is 3.21. The van der Waals surface area contributed by atoms with Crippen LogP contribution in [0.3, 0.4) is 0 Å². The van der Waals surface area contributed by atoms with Gasteiger partial charge in [-0.1, -0.05) is 6.07 Å². The Hall–Kier alpha value is -3.83. The molecule has 0 aliphatic heterocycles. The first-order valence-electron chi connectivity index (χ1n) is 8.92. The molecule has 0 atom stereocenters. The maximum atomic E-state index is 13.8. The smallest absolute Gasteiger partial charge is 0.416 e. The van der Waals surface area contributed by atoms with E-state index in [1.54, 1.807) is 0 Å². The molecule has 2 aromatic carbocycles. The molecule has 0 saturated heterocycles. The third-order valence-electron chi connectivity index (χ3n) is 4.68. The van der Waals surface area contributed by atoms with E-state index in [-0.39, 0.29) is 22.5 Å². The van der Waals surface area contributed by atoms with Crippen LogP contribution < -0.4 is 0 Å². The first-order chi connectivity index (χ1) is 15.2. The Labute approximate surface area is 180 Å². The van der Waals surface area contributed by atoms with Crippen LogP contribution in [0.5, 0.6) is 0 Å². The summed E-state index contributed by atoms with van der Waals surface area (Å²) in [5.41, 5.74) is -3.77. The average molecular weight is 475 g/mol. The van der Waals surface area contributed by atoms with Gasteiger partial charge in [0, 0.05) is 35.3 Å². The Kier molecular flexibility index (Phi) is 5.96. The summed E-state index contributed by atoms with van der Waals surface area (Å²) in [6.07, 6.45) is -8.75. The summed E-state index contributed by atoms with van der Waals surface area (Å²) in [5.74, 6) is -5.09. The van der Waals surface area contributed by atoms with E-state index in [9.17, 15) is 45.4 Å². The van der Waals surface area contributed by atoms with Crippen LogP contribution in [0.25, 0.3) is 16.7 Å². The number of carboxylic acid groups (broad SMARTS) is 1. The molecule has 0 aliphatic rings. The van der Waals surface area contributed by atoms with Crippen molar-refractivity contribution in [3.63, 3.8) is 0 Å². The van der Waals surface area contributed by atoms with Crippen molar-refractivity contribution < 1.29 is 50.5 Å². The monoisotopic (exact) mass is 475 g/mol. The predicted octanol–water partition coefficient (Wildman–Crippen LogP) is 5.42. The van der Waals surface area contributed by atoms with Crippen LogP contribution in [0.2, 0.25) is 0 Å². The van der Waals surface area contributed by atoms with E-state index >= 15 is 0 Å². The molecule has 0 fully saturated rings. The molecule has 0 saturated carbocycles. The molecule has 0 bridgehead atoms. The lowest BCUT2D eigenvalue weighted by Crippen LogP contribution is -2.15. The first-order valence-corrected chi connectivity index (χ1v) is 8.92. The van der Waals surface area contributed by atoms with E-state index in [0.29, 0.717) is 18.2 Å². The minimum Gasteiger partial charge on any atom is -0.507 e. The SMILES string of the molecule is O=C(O)C(=O)/C=C(\O)c1cn(Cc2ccc(C(F)(F)F)cc2C(F)(F)F)c2ccc(F)cc12. The van der Waals surface area contributed by atoms with E-state index in [1.165, 1.54) is 0 Å². The van der Waals surface area contributed by atoms with Gasteiger partial charge in [-0.3, -0.25) is 4.79 Å². The summed E-state index contributed by atoms with van der Waals surface area (Å²) in [6, 6.07) is 4.13. The number of aliphatic carboxylic acids is 1. The molecule has 0 aliphatic carbocycles. The number of hydrogen-bond acceptors (Lipinski definition) is 3. The molecule has 3 aromatic rings. The van der Waals surface area contributed by atoms with E-state index in [4.69, 9.17) is 5.11 Å². The lowest BCUT2D eigenvalue weighted by Gasteiger charge is -2.17. The van der Waals surface area contributed by atoms with Crippen molar-refractivity contribution in [2.45, 2.75) is 18.9 Å². The molecule has 0 unspecified atom stereocenters. The number of hydrogen-bond donors (Lipinski definition) is 2. The van der Waals surface area contributed by atoms with Crippen molar-refractivity contribution in [3.05, 3.63) is 76.7 Å². The van der Waals surface area contributed by atoms with Crippen LogP contribution in [-0.2, 0) is 28.5 Å². The van der Waals surface area contributed by atoms with Crippen LogP contribution in [0, 0.1) is 5.82 Å². The van der Waals surface area contributed by atoms with Crippen molar-refractivity contribution in [1.82, 2.24) is 4.57 Å². The number of halogens is 7. The fraction of sp³-hybridized carbons (Fsp3) is 0.143. The topological polar surface area (TPSA) is 79.5 Å². The number of nitrogens with zero attached hydrogens (tertiary/aromatic N) is 1. The first kappa shape index (κ1) is 23.8.